The number of hydrogen-bond donors (Lipinski definition) is 1. The molecule has 0 unspecified atom stereocenters. The van der Waals surface area contributed by atoms with E-state index < -0.39 is 22.5 Å². The molecular weight excluding hydrogens is 366 g/mol. The van der Waals surface area contributed by atoms with E-state index in [1.165, 1.54) is 30.3 Å². The van der Waals surface area contributed by atoms with Gasteiger partial charge in [0.1, 0.15) is 12.3 Å². The zero-order valence-electron chi connectivity index (χ0n) is 13.8. The van der Waals surface area contributed by atoms with Crippen molar-refractivity contribution in [2.45, 2.75) is 18.7 Å². The van der Waals surface area contributed by atoms with E-state index >= 15 is 0 Å². The molecule has 0 fully saturated rings. The molecular formula is C17H18ClNO5S. The number of nitrogens with zero attached hydrogens (tertiary/aromatic N) is 1. The fourth-order valence-electron chi connectivity index (χ4n) is 2.28. The zero-order valence-corrected chi connectivity index (χ0v) is 15.3. The minimum absolute atomic E-state index is 0.0309. The Morgan fingerprint density at radius 1 is 1.20 bits per heavy atom. The Balaban J connectivity index is 2.52. The van der Waals surface area contributed by atoms with Crippen LogP contribution in [-0.4, -0.2) is 32.6 Å². The smallest absolute Gasteiger partial charge is 0.324 e. The van der Waals surface area contributed by atoms with Crippen LogP contribution in [0.25, 0.3) is 0 Å². The van der Waals surface area contributed by atoms with Crippen LogP contribution in [0.15, 0.2) is 47.4 Å². The molecule has 2 aromatic carbocycles. The zero-order chi connectivity index (χ0) is 18.6. The number of sulfonamides is 1. The summed E-state index contributed by atoms with van der Waals surface area (Å²) in [7, 11) is -4.08. The van der Waals surface area contributed by atoms with Crippen molar-refractivity contribution in [1.82, 2.24) is 0 Å². The lowest BCUT2D eigenvalue weighted by atomic mass is 10.2. The number of carbonyl (C=O) groups is 1. The first-order chi connectivity index (χ1) is 11.8. The number of ether oxygens (including phenoxy) is 1. The molecule has 0 aliphatic heterocycles. The van der Waals surface area contributed by atoms with Gasteiger partial charge in [-0.25, -0.2) is 8.42 Å². The summed E-state index contributed by atoms with van der Waals surface area (Å²) in [5, 5.41) is 9.49. The minimum Gasteiger partial charge on any atom is -0.494 e. The lowest BCUT2D eigenvalue weighted by molar-refractivity contribution is -0.135. The van der Waals surface area contributed by atoms with E-state index in [-0.39, 0.29) is 10.6 Å². The molecule has 0 aromatic heterocycles. The highest BCUT2D eigenvalue weighted by Crippen LogP contribution is 2.30. The van der Waals surface area contributed by atoms with Gasteiger partial charge in [0.05, 0.1) is 17.2 Å². The molecule has 0 bridgehead atoms. The second-order valence-electron chi connectivity index (χ2n) is 5.24. The van der Waals surface area contributed by atoms with Gasteiger partial charge in [0.15, 0.2) is 0 Å². The SMILES string of the molecule is CCOc1ccc(S(=O)(=O)N(CC(=O)O)c2cc(Cl)ccc2C)cc1. The number of carboxylic acids is 1. The van der Waals surface area contributed by atoms with Gasteiger partial charge in [-0.1, -0.05) is 17.7 Å². The molecule has 0 heterocycles. The van der Waals surface area contributed by atoms with Crippen LogP contribution in [0.3, 0.4) is 0 Å². The highest BCUT2D eigenvalue weighted by atomic mass is 35.5. The molecule has 8 heteroatoms. The van der Waals surface area contributed by atoms with Gasteiger partial charge in [-0.15, -0.1) is 0 Å². The Labute approximate surface area is 151 Å². The van der Waals surface area contributed by atoms with Crippen molar-refractivity contribution in [3.05, 3.63) is 53.1 Å². The number of aryl methyl sites for hydroxylation is 1. The lowest BCUT2D eigenvalue weighted by Crippen LogP contribution is -2.36. The summed E-state index contributed by atoms with van der Waals surface area (Å²) in [6.45, 7) is 3.26. The van der Waals surface area contributed by atoms with Crippen molar-refractivity contribution in [3.8, 4) is 5.75 Å². The topological polar surface area (TPSA) is 83.9 Å². The fraction of sp³-hybridized carbons (Fsp3) is 0.235. The summed E-state index contributed by atoms with van der Waals surface area (Å²) in [5.74, 6) is -0.737. The van der Waals surface area contributed by atoms with Crippen LogP contribution in [0.1, 0.15) is 12.5 Å². The van der Waals surface area contributed by atoms with Crippen LogP contribution in [0.5, 0.6) is 5.75 Å². The second kappa shape index (κ2) is 7.76. The highest BCUT2D eigenvalue weighted by molar-refractivity contribution is 7.92. The third-order valence-electron chi connectivity index (χ3n) is 3.44. The Kier molecular flexibility index (Phi) is 5.92. The van der Waals surface area contributed by atoms with Gasteiger partial charge in [0, 0.05) is 5.02 Å². The molecule has 0 saturated carbocycles. The van der Waals surface area contributed by atoms with Crippen molar-refractivity contribution in [3.63, 3.8) is 0 Å². The van der Waals surface area contributed by atoms with Gasteiger partial charge >= 0.3 is 5.97 Å². The van der Waals surface area contributed by atoms with Crippen molar-refractivity contribution in [2.75, 3.05) is 17.5 Å². The van der Waals surface area contributed by atoms with Crippen LogP contribution < -0.4 is 9.04 Å². The fourth-order valence-corrected chi connectivity index (χ4v) is 3.91. The predicted molar refractivity (Wildman–Crippen MR) is 96.0 cm³/mol. The number of benzene rings is 2. The summed E-state index contributed by atoms with van der Waals surface area (Å²) in [4.78, 5) is 11.2. The molecule has 0 atom stereocenters. The number of rotatable bonds is 7. The molecule has 2 aromatic rings. The van der Waals surface area contributed by atoms with Crippen LogP contribution >= 0.6 is 11.6 Å². The molecule has 0 saturated heterocycles. The monoisotopic (exact) mass is 383 g/mol. The standard InChI is InChI=1S/C17H18ClNO5S/c1-3-24-14-6-8-15(9-7-14)25(22,23)19(11-17(20)21)16-10-13(18)5-4-12(16)2/h4-10H,3,11H2,1-2H3,(H,20,21). The molecule has 2 rings (SSSR count). The minimum atomic E-state index is -4.08. The van der Waals surface area contributed by atoms with E-state index in [4.69, 9.17) is 16.3 Å². The molecule has 0 aliphatic carbocycles. The number of hydrogen-bond acceptors (Lipinski definition) is 4. The summed E-state index contributed by atoms with van der Waals surface area (Å²) in [5.41, 5.74) is 0.823. The second-order valence-corrected chi connectivity index (χ2v) is 7.54. The Hall–Kier alpha value is -2.25. The third kappa shape index (κ3) is 4.43. The van der Waals surface area contributed by atoms with Crippen molar-refractivity contribution < 1.29 is 23.1 Å². The quantitative estimate of drug-likeness (QED) is 0.792. The van der Waals surface area contributed by atoms with E-state index in [0.717, 1.165) is 4.31 Å². The van der Waals surface area contributed by atoms with Crippen LogP contribution in [-0.2, 0) is 14.8 Å². The maximum absolute atomic E-state index is 13.0. The van der Waals surface area contributed by atoms with Crippen molar-refractivity contribution in [2.24, 2.45) is 0 Å². The van der Waals surface area contributed by atoms with Crippen molar-refractivity contribution in [1.29, 1.82) is 0 Å². The van der Waals surface area contributed by atoms with E-state index in [1.54, 1.807) is 19.1 Å². The van der Waals surface area contributed by atoms with E-state index in [9.17, 15) is 18.3 Å². The predicted octanol–water partition coefficient (Wildman–Crippen LogP) is 3.33. The Morgan fingerprint density at radius 2 is 1.84 bits per heavy atom. The average Bonchev–Trinajstić information content (AvgIpc) is 2.55. The van der Waals surface area contributed by atoms with E-state index in [1.807, 2.05) is 6.92 Å². The summed E-state index contributed by atoms with van der Waals surface area (Å²) >= 11 is 5.96. The average molecular weight is 384 g/mol. The molecule has 0 amide bonds. The van der Waals surface area contributed by atoms with Gasteiger partial charge in [0.2, 0.25) is 0 Å². The van der Waals surface area contributed by atoms with Crippen LogP contribution in [0.4, 0.5) is 5.69 Å². The van der Waals surface area contributed by atoms with Crippen molar-refractivity contribution >= 4 is 33.3 Å². The molecule has 1 N–H and O–H groups in total. The highest BCUT2D eigenvalue weighted by Gasteiger charge is 2.28. The first-order valence-corrected chi connectivity index (χ1v) is 9.31. The number of carboxylic acid groups (broad SMARTS) is 1. The Morgan fingerprint density at radius 3 is 2.40 bits per heavy atom. The molecule has 0 radical (unpaired) electrons. The molecule has 25 heavy (non-hydrogen) atoms. The molecule has 0 spiro atoms. The van der Waals surface area contributed by atoms with Crippen LogP contribution in [0.2, 0.25) is 5.02 Å². The largest absolute Gasteiger partial charge is 0.494 e. The molecule has 6 nitrogen and oxygen atoms in total. The number of aliphatic carboxylic acids is 1. The van der Waals surface area contributed by atoms with Gasteiger partial charge in [-0.3, -0.25) is 9.10 Å². The van der Waals surface area contributed by atoms with Gasteiger partial charge in [-0.05, 0) is 55.8 Å². The van der Waals surface area contributed by atoms with Crippen LogP contribution in [0, 0.1) is 6.92 Å². The normalized spacial score (nSPS) is 11.2. The number of anilines is 1. The van der Waals surface area contributed by atoms with Gasteiger partial charge in [0.25, 0.3) is 10.0 Å². The van der Waals surface area contributed by atoms with Gasteiger partial charge in [-0.2, -0.15) is 0 Å². The maximum atomic E-state index is 13.0. The third-order valence-corrected chi connectivity index (χ3v) is 5.45. The summed E-state index contributed by atoms with van der Waals surface area (Å²) in [6, 6.07) is 10.5. The Bertz CT molecular complexity index is 865. The molecule has 134 valence electrons. The number of halogens is 1. The maximum Gasteiger partial charge on any atom is 0.324 e. The lowest BCUT2D eigenvalue weighted by Gasteiger charge is -2.24. The summed E-state index contributed by atoms with van der Waals surface area (Å²) in [6.07, 6.45) is 0. The van der Waals surface area contributed by atoms with E-state index in [0.29, 0.717) is 22.9 Å². The van der Waals surface area contributed by atoms with Gasteiger partial charge < -0.3 is 9.84 Å². The first-order valence-electron chi connectivity index (χ1n) is 7.49. The summed E-state index contributed by atoms with van der Waals surface area (Å²) < 4.78 is 32.1. The molecule has 0 aliphatic rings. The van der Waals surface area contributed by atoms with E-state index in [2.05, 4.69) is 0 Å². The first kappa shape index (κ1) is 19.1.